The van der Waals surface area contributed by atoms with Crippen LogP contribution in [0.5, 0.6) is 0 Å². The van der Waals surface area contributed by atoms with E-state index < -0.39 is 0 Å². The Kier molecular flexibility index (Phi) is 7.45. The smallest absolute Gasteiger partial charge is 0.0815 e. The minimum absolute atomic E-state index is 0.238. The van der Waals surface area contributed by atoms with Crippen molar-refractivity contribution in [2.45, 2.75) is 37.9 Å². The quantitative estimate of drug-likeness (QED) is 0.725. The van der Waals surface area contributed by atoms with Crippen LogP contribution in [0, 0.1) is 5.92 Å². The molecule has 0 radical (unpaired) electrons. The number of ether oxygens (including phenoxy) is 1. The summed E-state index contributed by atoms with van der Waals surface area (Å²) in [5.41, 5.74) is 7.07. The second-order valence-corrected chi connectivity index (χ2v) is 6.06. The SMILES string of the molecule is NCC(CNc1ccccc1)CC1CCCC(COP)O1. The first kappa shape index (κ1) is 16.7. The van der Waals surface area contributed by atoms with Crippen molar-refractivity contribution in [1.82, 2.24) is 0 Å². The third-order valence-electron chi connectivity index (χ3n) is 4.02. The maximum atomic E-state index is 6.09. The standard InChI is InChI=1S/C16H27N2O2P/c17-10-13(11-18-14-5-2-1-3-6-14)9-15-7-4-8-16(20-15)12-19-21/h1-3,5-6,13,15-16,18H,4,7-12,17,21H2. The van der Waals surface area contributed by atoms with Crippen LogP contribution in [0.15, 0.2) is 30.3 Å². The summed E-state index contributed by atoms with van der Waals surface area (Å²) >= 11 is 0. The summed E-state index contributed by atoms with van der Waals surface area (Å²) in [6, 6.07) is 10.3. The molecule has 0 bridgehead atoms. The van der Waals surface area contributed by atoms with Crippen LogP contribution >= 0.6 is 9.47 Å². The van der Waals surface area contributed by atoms with Gasteiger partial charge >= 0.3 is 0 Å². The second-order valence-electron chi connectivity index (χ2n) is 5.73. The zero-order valence-corrected chi connectivity index (χ0v) is 13.7. The van der Waals surface area contributed by atoms with E-state index in [-0.39, 0.29) is 6.10 Å². The van der Waals surface area contributed by atoms with Crippen molar-refractivity contribution in [3.05, 3.63) is 30.3 Å². The van der Waals surface area contributed by atoms with Gasteiger partial charge < -0.3 is 20.3 Å². The molecule has 3 N–H and O–H groups in total. The number of nitrogens with two attached hydrogens (primary N) is 1. The molecule has 4 atom stereocenters. The van der Waals surface area contributed by atoms with Gasteiger partial charge in [0.25, 0.3) is 0 Å². The van der Waals surface area contributed by atoms with Crippen molar-refractivity contribution in [1.29, 1.82) is 0 Å². The maximum absolute atomic E-state index is 6.09. The number of benzene rings is 1. The lowest BCUT2D eigenvalue weighted by Crippen LogP contribution is -2.34. The Hall–Kier alpha value is -0.670. The minimum Gasteiger partial charge on any atom is -0.385 e. The van der Waals surface area contributed by atoms with Crippen LogP contribution in [0.25, 0.3) is 0 Å². The van der Waals surface area contributed by atoms with Crippen molar-refractivity contribution in [2.75, 3.05) is 25.0 Å². The molecular weight excluding hydrogens is 283 g/mol. The van der Waals surface area contributed by atoms with Crippen molar-refractivity contribution >= 4 is 15.2 Å². The molecule has 1 saturated heterocycles. The Labute approximate surface area is 130 Å². The summed E-state index contributed by atoms with van der Waals surface area (Å²) in [5, 5.41) is 3.46. The lowest BCUT2D eigenvalue weighted by molar-refractivity contribution is -0.0728. The van der Waals surface area contributed by atoms with Crippen LogP contribution in [0.1, 0.15) is 25.7 Å². The highest BCUT2D eigenvalue weighted by Crippen LogP contribution is 2.24. The molecule has 0 aromatic heterocycles. The van der Waals surface area contributed by atoms with Crippen molar-refractivity contribution in [2.24, 2.45) is 11.7 Å². The Morgan fingerprint density at radius 1 is 1.29 bits per heavy atom. The molecule has 118 valence electrons. The highest BCUT2D eigenvalue weighted by atomic mass is 31.0. The van der Waals surface area contributed by atoms with Gasteiger partial charge in [-0.05, 0) is 50.3 Å². The second kappa shape index (κ2) is 9.37. The van der Waals surface area contributed by atoms with Crippen LogP contribution < -0.4 is 11.1 Å². The topological polar surface area (TPSA) is 56.5 Å². The van der Waals surface area contributed by atoms with Gasteiger partial charge in [-0.2, -0.15) is 0 Å². The van der Waals surface area contributed by atoms with E-state index in [0.717, 1.165) is 31.5 Å². The molecule has 0 amide bonds. The van der Waals surface area contributed by atoms with E-state index in [0.29, 0.717) is 25.2 Å². The van der Waals surface area contributed by atoms with Crippen LogP contribution in [-0.2, 0) is 9.26 Å². The summed E-state index contributed by atoms with van der Waals surface area (Å²) in [4.78, 5) is 0. The molecule has 1 heterocycles. The zero-order chi connectivity index (χ0) is 14.9. The van der Waals surface area contributed by atoms with Crippen LogP contribution in [0.3, 0.4) is 0 Å². The van der Waals surface area contributed by atoms with E-state index >= 15 is 0 Å². The molecule has 4 unspecified atom stereocenters. The summed E-state index contributed by atoms with van der Waals surface area (Å²) in [6.45, 7) is 2.24. The fourth-order valence-corrected chi connectivity index (χ4v) is 3.05. The van der Waals surface area contributed by atoms with E-state index in [1.165, 1.54) is 6.42 Å². The Bertz CT molecular complexity index is 389. The van der Waals surface area contributed by atoms with Gasteiger partial charge in [-0.15, -0.1) is 0 Å². The zero-order valence-electron chi connectivity index (χ0n) is 12.5. The van der Waals surface area contributed by atoms with Crippen molar-refractivity contribution < 1.29 is 9.26 Å². The third kappa shape index (κ3) is 5.91. The molecule has 0 spiro atoms. The van der Waals surface area contributed by atoms with Crippen LogP contribution in [-0.4, -0.2) is 31.9 Å². The molecule has 2 rings (SSSR count). The molecule has 1 aliphatic rings. The highest BCUT2D eigenvalue weighted by molar-refractivity contribution is 7.09. The molecule has 0 saturated carbocycles. The molecule has 5 heteroatoms. The fraction of sp³-hybridized carbons (Fsp3) is 0.625. The molecule has 21 heavy (non-hydrogen) atoms. The Morgan fingerprint density at radius 3 is 2.76 bits per heavy atom. The van der Waals surface area contributed by atoms with Gasteiger partial charge in [-0.25, -0.2) is 0 Å². The minimum atomic E-state index is 0.238. The van der Waals surface area contributed by atoms with E-state index in [1.807, 2.05) is 18.2 Å². The summed E-state index contributed by atoms with van der Waals surface area (Å²) in [6.07, 6.45) is 5.02. The van der Waals surface area contributed by atoms with Gasteiger partial charge in [0.15, 0.2) is 0 Å². The molecule has 1 aromatic carbocycles. The molecular formula is C16H27N2O2P. The first-order valence-corrected chi connectivity index (χ1v) is 8.25. The molecule has 0 aliphatic carbocycles. The maximum Gasteiger partial charge on any atom is 0.0815 e. The molecule has 1 aliphatic heterocycles. The van der Waals surface area contributed by atoms with Gasteiger partial charge in [0.2, 0.25) is 0 Å². The number of nitrogens with one attached hydrogen (secondary N) is 1. The van der Waals surface area contributed by atoms with Gasteiger partial charge in [0, 0.05) is 21.7 Å². The average Bonchev–Trinajstić information content (AvgIpc) is 2.53. The summed E-state index contributed by atoms with van der Waals surface area (Å²) < 4.78 is 11.2. The summed E-state index contributed by atoms with van der Waals surface area (Å²) in [5.74, 6) is 0.436. The fourth-order valence-electron chi connectivity index (χ4n) is 2.84. The Balaban J connectivity index is 1.76. The molecule has 1 fully saturated rings. The first-order valence-electron chi connectivity index (χ1n) is 7.78. The number of rotatable bonds is 8. The number of hydrogen-bond donors (Lipinski definition) is 2. The van der Waals surface area contributed by atoms with Gasteiger partial charge in [0.05, 0.1) is 18.8 Å². The Morgan fingerprint density at radius 2 is 2.05 bits per heavy atom. The number of para-hydroxylation sites is 1. The lowest BCUT2D eigenvalue weighted by Gasteiger charge is -2.32. The van der Waals surface area contributed by atoms with E-state index in [9.17, 15) is 0 Å². The predicted molar refractivity (Wildman–Crippen MR) is 90.3 cm³/mol. The van der Waals surface area contributed by atoms with Crippen molar-refractivity contribution in [3.63, 3.8) is 0 Å². The molecule has 1 aromatic rings. The highest BCUT2D eigenvalue weighted by Gasteiger charge is 2.24. The number of anilines is 1. The monoisotopic (exact) mass is 310 g/mol. The predicted octanol–water partition coefficient (Wildman–Crippen LogP) is 2.81. The normalized spacial score (nSPS) is 23.7. The lowest BCUT2D eigenvalue weighted by atomic mass is 9.95. The van der Waals surface area contributed by atoms with Gasteiger partial charge in [-0.1, -0.05) is 18.2 Å². The van der Waals surface area contributed by atoms with Crippen LogP contribution in [0.2, 0.25) is 0 Å². The summed E-state index contributed by atoms with van der Waals surface area (Å²) in [7, 11) is 2.30. The van der Waals surface area contributed by atoms with Gasteiger partial charge in [-0.3, -0.25) is 0 Å². The van der Waals surface area contributed by atoms with Crippen molar-refractivity contribution in [3.8, 4) is 0 Å². The third-order valence-corrected chi connectivity index (χ3v) is 4.21. The van der Waals surface area contributed by atoms with E-state index in [2.05, 4.69) is 26.9 Å². The number of hydrogen-bond acceptors (Lipinski definition) is 4. The van der Waals surface area contributed by atoms with E-state index in [1.54, 1.807) is 0 Å². The molecule has 4 nitrogen and oxygen atoms in total. The average molecular weight is 310 g/mol. The van der Waals surface area contributed by atoms with Gasteiger partial charge in [0.1, 0.15) is 0 Å². The first-order chi connectivity index (χ1) is 10.3. The van der Waals surface area contributed by atoms with E-state index in [4.69, 9.17) is 15.0 Å². The van der Waals surface area contributed by atoms with Crippen LogP contribution in [0.4, 0.5) is 5.69 Å². The largest absolute Gasteiger partial charge is 0.385 e.